The molecule has 0 bridgehead atoms. The minimum atomic E-state index is -0.0383. The zero-order valence-corrected chi connectivity index (χ0v) is 12.4. The lowest BCUT2D eigenvalue weighted by molar-refractivity contribution is 0.133. The molecular formula is C16H20N4O. The Kier molecular flexibility index (Phi) is 3.64. The maximum absolute atomic E-state index is 12.1. The second kappa shape index (κ2) is 5.60. The lowest BCUT2D eigenvalue weighted by atomic mass is 10.1. The Morgan fingerprint density at radius 3 is 2.67 bits per heavy atom. The first kappa shape index (κ1) is 13.7. The number of aromatic nitrogens is 2. The van der Waals surface area contributed by atoms with Gasteiger partial charge < -0.3 is 14.8 Å². The molecule has 0 radical (unpaired) electrons. The summed E-state index contributed by atoms with van der Waals surface area (Å²) in [4.78, 5) is 18.3. The number of amides is 2. The quantitative estimate of drug-likeness (QED) is 0.941. The van der Waals surface area contributed by atoms with Crippen LogP contribution >= 0.6 is 0 Å². The van der Waals surface area contributed by atoms with Crippen LogP contribution in [-0.4, -0.2) is 33.6 Å². The van der Waals surface area contributed by atoms with E-state index in [1.54, 1.807) is 0 Å². The van der Waals surface area contributed by atoms with Crippen LogP contribution in [0.15, 0.2) is 42.7 Å². The Hall–Kier alpha value is -2.30. The molecule has 1 aliphatic rings. The van der Waals surface area contributed by atoms with Crippen molar-refractivity contribution >= 4 is 11.7 Å². The molecule has 0 aliphatic carbocycles. The van der Waals surface area contributed by atoms with Gasteiger partial charge in [-0.3, -0.25) is 0 Å². The van der Waals surface area contributed by atoms with Gasteiger partial charge in [0.15, 0.2) is 0 Å². The number of carbonyl (C=O) groups is 1. The molecule has 0 unspecified atom stereocenters. The minimum Gasteiger partial charge on any atom is -0.328 e. The van der Waals surface area contributed by atoms with Crippen LogP contribution in [0.25, 0.3) is 0 Å². The standard InChI is InChI=1S/C16H20N4O/c1-12(2)15-17-8-9-20(15)14-10-19(11-14)16(21)18-13-6-4-3-5-7-13/h3-9,12,14H,10-11H2,1-2H3,(H,18,21). The third-order valence-electron chi connectivity index (χ3n) is 3.78. The van der Waals surface area contributed by atoms with Crippen LogP contribution in [-0.2, 0) is 0 Å². The van der Waals surface area contributed by atoms with E-state index in [0.29, 0.717) is 12.0 Å². The largest absolute Gasteiger partial charge is 0.328 e. The van der Waals surface area contributed by atoms with Gasteiger partial charge in [-0.15, -0.1) is 0 Å². The summed E-state index contributed by atoms with van der Waals surface area (Å²) < 4.78 is 2.19. The monoisotopic (exact) mass is 284 g/mol. The Morgan fingerprint density at radius 2 is 2.00 bits per heavy atom. The van der Waals surface area contributed by atoms with E-state index in [4.69, 9.17) is 0 Å². The highest BCUT2D eigenvalue weighted by atomic mass is 16.2. The van der Waals surface area contributed by atoms with Gasteiger partial charge in [0.25, 0.3) is 0 Å². The smallest absolute Gasteiger partial charge is 0.321 e. The van der Waals surface area contributed by atoms with Gasteiger partial charge in [-0.25, -0.2) is 9.78 Å². The van der Waals surface area contributed by atoms with Crippen LogP contribution in [0.5, 0.6) is 0 Å². The SMILES string of the molecule is CC(C)c1nccn1C1CN(C(=O)Nc2ccccc2)C1. The number of hydrogen-bond acceptors (Lipinski definition) is 2. The molecule has 110 valence electrons. The second-order valence-corrected chi connectivity index (χ2v) is 5.70. The lowest BCUT2D eigenvalue weighted by Crippen LogP contribution is -2.52. The van der Waals surface area contributed by atoms with Gasteiger partial charge in [-0.2, -0.15) is 0 Å². The molecule has 5 nitrogen and oxygen atoms in total. The maximum atomic E-state index is 12.1. The van der Waals surface area contributed by atoms with Gasteiger partial charge in [0.1, 0.15) is 5.82 Å². The van der Waals surface area contributed by atoms with E-state index >= 15 is 0 Å². The highest BCUT2D eigenvalue weighted by Gasteiger charge is 2.33. The first-order valence-corrected chi connectivity index (χ1v) is 7.29. The number of urea groups is 1. The summed E-state index contributed by atoms with van der Waals surface area (Å²) >= 11 is 0. The summed E-state index contributed by atoms with van der Waals surface area (Å²) in [6, 6.07) is 9.84. The van der Waals surface area contributed by atoms with E-state index in [1.165, 1.54) is 0 Å². The van der Waals surface area contributed by atoms with Crippen molar-refractivity contribution in [2.24, 2.45) is 0 Å². The lowest BCUT2D eigenvalue weighted by Gasteiger charge is -2.40. The highest BCUT2D eigenvalue weighted by molar-refractivity contribution is 5.89. The fourth-order valence-electron chi connectivity index (χ4n) is 2.60. The second-order valence-electron chi connectivity index (χ2n) is 5.70. The van der Waals surface area contributed by atoms with Crippen molar-refractivity contribution < 1.29 is 4.79 Å². The number of likely N-dealkylation sites (tertiary alicyclic amines) is 1. The Bertz CT molecular complexity index is 614. The van der Waals surface area contributed by atoms with E-state index in [0.717, 1.165) is 24.6 Å². The van der Waals surface area contributed by atoms with Crippen molar-refractivity contribution in [2.45, 2.75) is 25.8 Å². The first-order valence-electron chi connectivity index (χ1n) is 7.29. The molecule has 5 heteroatoms. The molecule has 1 aromatic carbocycles. The summed E-state index contributed by atoms with van der Waals surface area (Å²) in [5, 5.41) is 2.91. The number of hydrogen-bond donors (Lipinski definition) is 1. The van der Waals surface area contributed by atoms with Crippen molar-refractivity contribution in [3.8, 4) is 0 Å². The highest BCUT2D eigenvalue weighted by Crippen LogP contribution is 2.26. The zero-order valence-electron chi connectivity index (χ0n) is 12.4. The van der Waals surface area contributed by atoms with Crippen molar-refractivity contribution in [1.29, 1.82) is 0 Å². The summed E-state index contributed by atoms with van der Waals surface area (Å²) in [7, 11) is 0. The third-order valence-corrected chi connectivity index (χ3v) is 3.78. The number of nitrogens with one attached hydrogen (secondary N) is 1. The average Bonchev–Trinajstić information content (AvgIpc) is 2.87. The van der Waals surface area contributed by atoms with Gasteiger partial charge >= 0.3 is 6.03 Å². The number of carbonyl (C=O) groups excluding carboxylic acids is 1. The molecule has 2 amide bonds. The van der Waals surface area contributed by atoms with Crippen LogP contribution in [0.4, 0.5) is 10.5 Å². The Balaban J connectivity index is 1.58. The molecule has 2 heterocycles. The number of anilines is 1. The Labute approximate surface area is 124 Å². The van der Waals surface area contributed by atoms with Gasteiger partial charge in [0, 0.05) is 37.1 Å². The van der Waals surface area contributed by atoms with Crippen LogP contribution in [0, 0.1) is 0 Å². The van der Waals surface area contributed by atoms with Crippen LogP contribution in [0.3, 0.4) is 0 Å². The molecule has 1 saturated heterocycles. The van der Waals surface area contributed by atoms with E-state index < -0.39 is 0 Å². The molecule has 0 atom stereocenters. The van der Waals surface area contributed by atoms with Crippen LogP contribution in [0.2, 0.25) is 0 Å². The number of nitrogens with zero attached hydrogens (tertiary/aromatic N) is 3. The zero-order chi connectivity index (χ0) is 14.8. The van der Waals surface area contributed by atoms with Gasteiger partial charge in [-0.05, 0) is 12.1 Å². The fourth-order valence-corrected chi connectivity index (χ4v) is 2.60. The summed E-state index contributed by atoms with van der Waals surface area (Å²) in [5.74, 6) is 1.48. The van der Waals surface area contributed by atoms with Gasteiger partial charge in [0.05, 0.1) is 6.04 Å². The van der Waals surface area contributed by atoms with Crippen LogP contribution in [0.1, 0.15) is 31.6 Å². The Morgan fingerprint density at radius 1 is 1.29 bits per heavy atom. The molecule has 1 aromatic heterocycles. The van der Waals surface area contributed by atoms with E-state index in [9.17, 15) is 4.79 Å². The van der Waals surface area contributed by atoms with Gasteiger partial charge in [0.2, 0.25) is 0 Å². The predicted octanol–water partition coefficient (Wildman–Crippen LogP) is 3.10. The van der Waals surface area contributed by atoms with Crippen molar-refractivity contribution in [1.82, 2.24) is 14.5 Å². The molecule has 2 aromatic rings. The maximum Gasteiger partial charge on any atom is 0.321 e. The van der Waals surface area contributed by atoms with E-state index in [2.05, 4.69) is 28.7 Å². The molecule has 3 rings (SSSR count). The predicted molar refractivity (Wildman–Crippen MR) is 82.4 cm³/mol. The first-order chi connectivity index (χ1) is 10.1. The number of imidazole rings is 1. The molecule has 1 fully saturated rings. The molecule has 1 N–H and O–H groups in total. The molecule has 21 heavy (non-hydrogen) atoms. The van der Waals surface area contributed by atoms with Gasteiger partial charge in [-0.1, -0.05) is 32.0 Å². The topological polar surface area (TPSA) is 50.2 Å². The number of para-hydroxylation sites is 1. The van der Waals surface area contributed by atoms with Crippen molar-refractivity contribution in [3.05, 3.63) is 48.5 Å². The third kappa shape index (κ3) is 2.77. The minimum absolute atomic E-state index is 0.0383. The fraction of sp³-hybridized carbons (Fsp3) is 0.375. The molecule has 1 aliphatic heterocycles. The number of benzene rings is 1. The average molecular weight is 284 g/mol. The summed E-state index contributed by atoms with van der Waals surface area (Å²) in [6.07, 6.45) is 3.84. The molecular weight excluding hydrogens is 264 g/mol. The summed E-state index contributed by atoms with van der Waals surface area (Å²) in [6.45, 7) is 5.73. The molecule has 0 spiro atoms. The normalized spacial score (nSPS) is 15.1. The molecule has 0 saturated carbocycles. The van der Waals surface area contributed by atoms with Crippen LogP contribution < -0.4 is 5.32 Å². The summed E-state index contributed by atoms with van der Waals surface area (Å²) in [5.41, 5.74) is 0.830. The van der Waals surface area contributed by atoms with E-state index in [1.807, 2.05) is 47.6 Å². The van der Waals surface area contributed by atoms with Crippen molar-refractivity contribution in [3.63, 3.8) is 0 Å². The van der Waals surface area contributed by atoms with E-state index in [-0.39, 0.29) is 6.03 Å². The van der Waals surface area contributed by atoms with Crippen molar-refractivity contribution in [2.75, 3.05) is 18.4 Å². The number of rotatable bonds is 3.